The summed E-state index contributed by atoms with van der Waals surface area (Å²) in [6.45, 7) is 3.37. The molecule has 0 bridgehead atoms. The summed E-state index contributed by atoms with van der Waals surface area (Å²) in [5.74, 6) is 1.96. The molecule has 1 fully saturated rings. The normalized spacial score (nSPS) is 17.7. The first-order valence-corrected chi connectivity index (χ1v) is 9.92. The summed E-state index contributed by atoms with van der Waals surface area (Å²) in [6, 6.07) is 10.3. The fraction of sp³-hybridized carbons (Fsp3) is 0.400. The summed E-state index contributed by atoms with van der Waals surface area (Å²) in [6.07, 6.45) is 4.94. The first kappa shape index (κ1) is 15.3. The highest BCUT2D eigenvalue weighted by Crippen LogP contribution is 2.40. The Morgan fingerprint density at radius 1 is 0.960 bits per heavy atom. The molecule has 2 aromatic heterocycles. The Kier molecular flexibility index (Phi) is 3.91. The van der Waals surface area contributed by atoms with Crippen LogP contribution < -0.4 is 4.90 Å². The molecule has 1 aliphatic heterocycles. The highest BCUT2D eigenvalue weighted by Gasteiger charge is 2.25. The van der Waals surface area contributed by atoms with Gasteiger partial charge in [-0.25, -0.2) is 9.97 Å². The number of benzene rings is 1. The number of morpholine rings is 1. The maximum atomic E-state index is 5.56. The van der Waals surface area contributed by atoms with Gasteiger partial charge >= 0.3 is 0 Å². The van der Waals surface area contributed by atoms with E-state index in [1.54, 1.807) is 0 Å². The lowest BCUT2D eigenvalue weighted by molar-refractivity contribution is 0.122. The summed E-state index contributed by atoms with van der Waals surface area (Å²) in [7, 11) is 0. The van der Waals surface area contributed by atoms with Gasteiger partial charge in [0.25, 0.3) is 0 Å². The first-order valence-electron chi connectivity index (χ1n) is 9.10. The molecular formula is C20H21N3OS. The number of anilines is 1. The van der Waals surface area contributed by atoms with E-state index < -0.39 is 0 Å². The van der Waals surface area contributed by atoms with Gasteiger partial charge in [0.2, 0.25) is 0 Å². The number of hydrogen-bond acceptors (Lipinski definition) is 5. The fourth-order valence-electron chi connectivity index (χ4n) is 3.86. The molecule has 4 nitrogen and oxygen atoms in total. The zero-order chi connectivity index (χ0) is 16.6. The van der Waals surface area contributed by atoms with Crippen molar-refractivity contribution in [2.75, 3.05) is 31.2 Å². The summed E-state index contributed by atoms with van der Waals surface area (Å²) in [5.41, 5.74) is 2.60. The van der Waals surface area contributed by atoms with Crippen molar-refractivity contribution in [1.82, 2.24) is 9.97 Å². The number of rotatable bonds is 2. The number of fused-ring (bicyclic) bond motifs is 3. The molecule has 128 valence electrons. The summed E-state index contributed by atoms with van der Waals surface area (Å²) in [5, 5.41) is 1.31. The fourth-order valence-corrected chi connectivity index (χ4v) is 5.11. The second-order valence-electron chi connectivity index (χ2n) is 6.73. The van der Waals surface area contributed by atoms with Gasteiger partial charge in [0, 0.05) is 23.5 Å². The topological polar surface area (TPSA) is 38.2 Å². The van der Waals surface area contributed by atoms with E-state index in [-0.39, 0.29) is 0 Å². The van der Waals surface area contributed by atoms with Crippen LogP contribution in [0.3, 0.4) is 0 Å². The molecule has 3 aromatic rings. The highest BCUT2D eigenvalue weighted by atomic mass is 32.1. The average Bonchev–Trinajstić information content (AvgIpc) is 3.07. The second-order valence-corrected chi connectivity index (χ2v) is 7.81. The van der Waals surface area contributed by atoms with Crippen LogP contribution in [0.2, 0.25) is 0 Å². The lowest BCUT2D eigenvalue weighted by atomic mass is 9.97. The van der Waals surface area contributed by atoms with Crippen LogP contribution in [0.15, 0.2) is 30.3 Å². The van der Waals surface area contributed by atoms with Crippen LogP contribution >= 0.6 is 11.3 Å². The molecule has 0 radical (unpaired) electrons. The molecule has 1 aromatic carbocycles. The van der Waals surface area contributed by atoms with Crippen LogP contribution in [0.4, 0.5) is 5.82 Å². The van der Waals surface area contributed by atoms with Crippen LogP contribution in [-0.2, 0) is 17.6 Å². The van der Waals surface area contributed by atoms with Crippen molar-refractivity contribution in [3.05, 3.63) is 40.8 Å². The zero-order valence-electron chi connectivity index (χ0n) is 14.2. The minimum atomic E-state index is 0.776. The number of ether oxygens (including phenoxy) is 1. The van der Waals surface area contributed by atoms with E-state index in [0.29, 0.717) is 0 Å². The van der Waals surface area contributed by atoms with Gasteiger partial charge in [-0.2, -0.15) is 0 Å². The minimum absolute atomic E-state index is 0.776. The van der Waals surface area contributed by atoms with Crippen molar-refractivity contribution < 1.29 is 4.74 Å². The Morgan fingerprint density at radius 3 is 2.60 bits per heavy atom. The molecule has 0 N–H and O–H groups in total. The Morgan fingerprint density at radius 2 is 1.76 bits per heavy atom. The Balaban J connectivity index is 1.73. The SMILES string of the molecule is c1ccc(-c2nc(N3CCOCC3)c3c4c(sc3n2)CCCC4)cc1. The molecule has 1 saturated heterocycles. The molecule has 5 heteroatoms. The molecule has 1 aliphatic carbocycles. The third-order valence-electron chi connectivity index (χ3n) is 5.14. The van der Waals surface area contributed by atoms with E-state index in [2.05, 4.69) is 29.2 Å². The van der Waals surface area contributed by atoms with Gasteiger partial charge in [0.15, 0.2) is 5.82 Å². The van der Waals surface area contributed by atoms with Gasteiger partial charge in [-0.15, -0.1) is 11.3 Å². The molecule has 0 unspecified atom stereocenters. The van der Waals surface area contributed by atoms with E-state index in [0.717, 1.165) is 48.3 Å². The number of aromatic nitrogens is 2. The van der Waals surface area contributed by atoms with Crippen LogP contribution in [0, 0.1) is 0 Å². The highest BCUT2D eigenvalue weighted by molar-refractivity contribution is 7.19. The Labute approximate surface area is 151 Å². The maximum Gasteiger partial charge on any atom is 0.163 e. The predicted octanol–water partition coefficient (Wildman–Crippen LogP) is 4.07. The van der Waals surface area contributed by atoms with Crippen molar-refractivity contribution in [3.8, 4) is 11.4 Å². The van der Waals surface area contributed by atoms with Gasteiger partial charge in [-0.3, -0.25) is 0 Å². The molecule has 0 spiro atoms. The quantitative estimate of drug-likeness (QED) is 0.697. The lowest BCUT2D eigenvalue weighted by Crippen LogP contribution is -2.37. The standard InChI is InChI=1S/C20H21N3OS/c1-2-6-14(7-3-1)18-21-19(23-10-12-24-13-11-23)17-15-8-4-5-9-16(15)25-20(17)22-18/h1-3,6-7H,4-5,8-13H2. The van der Waals surface area contributed by atoms with Crippen molar-refractivity contribution in [3.63, 3.8) is 0 Å². The molecule has 3 heterocycles. The Hall–Kier alpha value is -1.98. The van der Waals surface area contributed by atoms with Gasteiger partial charge < -0.3 is 9.64 Å². The molecule has 5 rings (SSSR count). The lowest BCUT2D eigenvalue weighted by Gasteiger charge is -2.29. The van der Waals surface area contributed by atoms with Crippen LogP contribution in [0.5, 0.6) is 0 Å². The number of aryl methyl sites for hydroxylation is 2. The molecule has 0 saturated carbocycles. The van der Waals surface area contributed by atoms with Crippen LogP contribution in [-0.4, -0.2) is 36.3 Å². The molecule has 0 amide bonds. The molecule has 0 atom stereocenters. The van der Waals surface area contributed by atoms with Gasteiger partial charge in [-0.1, -0.05) is 30.3 Å². The van der Waals surface area contributed by atoms with Crippen molar-refractivity contribution in [1.29, 1.82) is 0 Å². The van der Waals surface area contributed by atoms with Crippen molar-refractivity contribution in [2.24, 2.45) is 0 Å². The average molecular weight is 351 g/mol. The first-order chi connectivity index (χ1) is 12.4. The molecule has 25 heavy (non-hydrogen) atoms. The van der Waals surface area contributed by atoms with E-state index in [1.807, 2.05) is 17.4 Å². The third-order valence-corrected chi connectivity index (χ3v) is 6.32. The monoisotopic (exact) mass is 351 g/mol. The minimum Gasteiger partial charge on any atom is -0.378 e. The third kappa shape index (κ3) is 2.71. The Bertz CT molecular complexity index is 900. The van der Waals surface area contributed by atoms with Crippen molar-refractivity contribution >= 4 is 27.4 Å². The zero-order valence-corrected chi connectivity index (χ0v) is 15.0. The van der Waals surface area contributed by atoms with Gasteiger partial charge in [-0.05, 0) is 31.2 Å². The van der Waals surface area contributed by atoms with E-state index in [9.17, 15) is 0 Å². The summed E-state index contributed by atoms with van der Waals surface area (Å²) < 4.78 is 5.56. The van der Waals surface area contributed by atoms with E-state index in [4.69, 9.17) is 14.7 Å². The number of thiophene rings is 1. The second kappa shape index (κ2) is 6.39. The van der Waals surface area contributed by atoms with Crippen molar-refractivity contribution in [2.45, 2.75) is 25.7 Å². The predicted molar refractivity (Wildman–Crippen MR) is 103 cm³/mol. The maximum absolute atomic E-state index is 5.56. The van der Waals surface area contributed by atoms with E-state index >= 15 is 0 Å². The molecular weight excluding hydrogens is 330 g/mol. The van der Waals surface area contributed by atoms with Gasteiger partial charge in [0.1, 0.15) is 10.6 Å². The van der Waals surface area contributed by atoms with E-state index in [1.165, 1.54) is 41.5 Å². The summed E-state index contributed by atoms with van der Waals surface area (Å²) in [4.78, 5) is 15.1. The summed E-state index contributed by atoms with van der Waals surface area (Å²) >= 11 is 1.88. The van der Waals surface area contributed by atoms with Crippen LogP contribution in [0.25, 0.3) is 21.6 Å². The molecule has 2 aliphatic rings. The largest absolute Gasteiger partial charge is 0.378 e. The smallest absolute Gasteiger partial charge is 0.163 e. The number of nitrogens with zero attached hydrogens (tertiary/aromatic N) is 3. The van der Waals surface area contributed by atoms with Crippen LogP contribution in [0.1, 0.15) is 23.3 Å². The number of hydrogen-bond donors (Lipinski definition) is 0. The van der Waals surface area contributed by atoms with Gasteiger partial charge in [0.05, 0.1) is 18.6 Å².